The molecule has 0 aromatic heterocycles. The predicted molar refractivity (Wildman–Crippen MR) is 85.1 cm³/mol. The third kappa shape index (κ3) is 5.25. The summed E-state index contributed by atoms with van der Waals surface area (Å²) >= 11 is 5.82. The first kappa shape index (κ1) is 17.8. The van der Waals surface area contributed by atoms with Gasteiger partial charge in [0, 0.05) is 24.7 Å². The van der Waals surface area contributed by atoms with E-state index < -0.39 is 17.7 Å². The highest BCUT2D eigenvalue weighted by Crippen LogP contribution is 2.19. The second-order valence-electron chi connectivity index (χ2n) is 5.27. The summed E-state index contributed by atoms with van der Waals surface area (Å²) in [5, 5.41) is 20.0. The minimum absolute atomic E-state index is 0.100. The predicted octanol–water partition coefficient (Wildman–Crippen LogP) is 3.15. The fraction of sp³-hybridized carbons (Fsp3) is 0.294. The van der Waals surface area contributed by atoms with Crippen molar-refractivity contribution in [2.45, 2.75) is 12.6 Å². The van der Waals surface area contributed by atoms with Crippen LogP contribution in [0.1, 0.15) is 17.2 Å². The Hall–Kier alpha value is -1.53. The summed E-state index contributed by atoms with van der Waals surface area (Å²) in [7, 11) is 0. The molecule has 6 heteroatoms. The van der Waals surface area contributed by atoms with E-state index in [0.717, 1.165) is 12.1 Å². The number of benzene rings is 2. The second-order valence-corrected chi connectivity index (χ2v) is 5.71. The molecular weight excluding hydrogens is 324 g/mol. The van der Waals surface area contributed by atoms with Crippen LogP contribution in [-0.2, 0) is 6.54 Å². The molecule has 0 bridgehead atoms. The average molecular weight is 342 g/mol. The molecule has 0 saturated carbocycles. The van der Waals surface area contributed by atoms with E-state index in [0.29, 0.717) is 29.2 Å². The first-order valence-electron chi connectivity index (χ1n) is 7.20. The van der Waals surface area contributed by atoms with E-state index in [2.05, 4.69) is 0 Å². The van der Waals surface area contributed by atoms with Gasteiger partial charge in [-0.1, -0.05) is 29.8 Å². The van der Waals surface area contributed by atoms with Crippen LogP contribution in [0.5, 0.6) is 0 Å². The first-order valence-corrected chi connectivity index (χ1v) is 7.58. The van der Waals surface area contributed by atoms with Crippen LogP contribution in [0.25, 0.3) is 0 Å². The van der Waals surface area contributed by atoms with Crippen LogP contribution in [0.4, 0.5) is 8.78 Å². The van der Waals surface area contributed by atoms with Gasteiger partial charge in [0.05, 0.1) is 12.7 Å². The van der Waals surface area contributed by atoms with Crippen molar-refractivity contribution >= 4 is 11.6 Å². The number of hydrogen-bond donors (Lipinski definition) is 2. The molecule has 1 unspecified atom stereocenters. The smallest absolute Gasteiger partial charge is 0.159 e. The lowest BCUT2D eigenvalue weighted by Crippen LogP contribution is -2.31. The highest BCUT2D eigenvalue weighted by Gasteiger charge is 2.14. The van der Waals surface area contributed by atoms with E-state index in [9.17, 15) is 13.9 Å². The zero-order chi connectivity index (χ0) is 16.8. The lowest BCUT2D eigenvalue weighted by Gasteiger charge is -2.24. The molecule has 3 nitrogen and oxygen atoms in total. The summed E-state index contributed by atoms with van der Waals surface area (Å²) in [6, 6.07) is 10.5. The van der Waals surface area contributed by atoms with Crippen molar-refractivity contribution in [3.05, 3.63) is 70.2 Å². The van der Waals surface area contributed by atoms with Crippen LogP contribution in [0.2, 0.25) is 5.02 Å². The van der Waals surface area contributed by atoms with E-state index in [4.69, 9.17) is 16.7 Å². The van der Waals surface area contributed by atoms with E-state index in [1.165, 1.54) is 6.07 Å². The maximum atomic E-state index is 13.3. The monoisotopic (exact) mass is 341 g/mol. The average Bonchev–Trinajstić information content (AvgIpc) is 2.52. The second kappa shape index (κ2) is 8.36. The Balaban J connectivity index is 2.05. The summed E-state index contributed by atoms with van der Waals surface area (Å²) in [6.07, 6.45) is -0.774. The van der Waals surface area contributed by atoms with Gasteiger partial charge in [0.15, 0.2) is 11.6 Å². The topological polar surface area (TPSA) is 43.7 Å². The molecule has 1 atom stereocenters. The van der Waals surface area contributed by atoms with Gasteiger partial charge in [-0.25, -0.2) is 8.78 Å². The number of hydrogen-bond acceptors (Lipinski definition) is 3. The lowest BCUT2D eigenvalue weighted by atomic mass is 10.1. The molecule has 2 aromatic carbocycles. The van der Waals surface area contributed by atoms with Gasteiger partial charge in [0.25, 0.3) is 0 Å². The highest BCUT2D eigenvalue weighted by molar-refractivity contribution is 6.30. The van der Waals surface area contributed by atoms with Crippen molar-refractivity contribution in [2.24, 2.45) is 0 Å². The van der Waals surface area contributed by atoms with Gasteiger partial charge in [-0.2, -0.15) is 0 Å². The maximum Gasteiger partial charge on any atom is 0.159 e. The molecule has 0 fully saturated rings. The van der Waals surface area contributed by atoms with E-state index in [-0.39, 0.29) is 13.2 Å². The molecule has 0 radical (unpaired) electrons. The Morgan fingerprint density at radius 1 is 1.04 bits per heavy atom. The number of rotatable bonds is 7. The molecule has 2 rings (SSSR count). The van der Waals surface area contributed by atoms with E-state index >= 15 is 0 Å². The maximum absolute atomic E-state index is 13.3. The summed E-state index contributed by atoms with van der Waals surface area (Å²) in [5.74, 6) is -1.81. The van der Waals surface area contributed by atoms with Crippen molar-refractivity contribution in [1.29, 1.82) is 0 Å². The normalized spacial score (nSPS) is 12.6. The molecular formula is C17H18ClF2NO2. The van der Waals surface area contributed by atoms with Gasteiger partial charge < -0.3 is 10.2 Å². The van der Waals surface area contributed by atoms with Gasteiger partial charge in [-0.3, -0.25) is 4.90 Å². The van der Waals surface area contributed by atoms with Gasteiger partial charge in [-0.05, 0) is 35.4 Å². The molecule has 0 aliphatic carbocycles. The summed E-state index contributed by atoms with van der Waals surface area (Å²) in [5.41, 5.74) is 1.27. The minimum Gasteiger partial charge on any atom is -0.395 e. The highest BCUT2D eigenvalue weighted by atomic mass is 35.5. The third-order valence-electron chi connectivity index (χ3n) is 3.49. The third-order valence-corrected chi connectivity index (χ3v) is 3.74. The Morgan fingerprint density at radius 2 is 1.74 bits per heavy atom. The Kier molecular flexibility index (Phi) is 6.47. The van der Waals surface area contributed by atoms with Crippen molar-refractivity contribution in [1.82, 2.24) is 4.90 Å². The zero-order valence-electron chi connectivity index (χ0n) is 12.4. The van der Waals surface area contributed by atoms with Gasteiger partial charge in [-0.15, -0.1) is 0 Å². The van der Waals surface area contributed by atoms with Gasteiger partial charge in [0.2, 0.25) is 0 Å². The molecule has 0 saturated heterocycles. The van der Waals surface area contributed by atoms with Crippen LogP contribution in [-0.4, -0.2) is 34.8 Å². The first-order chi connectivity index (χ1) is 11.0. The fourth-order valence-corrected chi connectivity index (χ4v) is 2.43. The van der Waals surface area contributed by atoms with Crippen LogP contribution in [0, 0.1) is 11.6 Å². The van der Waals surface area contributed by atoms with Crippen molar-refractivity contribution in [2.75, 3.05) is 19.7 Å². The molecule has 0 aliphatic rings. The van der Waals surface area contributed by atoms with Crippen LogP contribution in [0.3, 0.4) is 0 Å². The quantitative estimate of drug-likeness (QED) is 0.813. The number of nitrogens with zero attached hydrogens (tertiary/aromatic N) is 1. The molecule has 0 aliphatic heterocycles. The number of aliphatic hydroxyl groups is 2. The fourth-order valence-electron chi connectivity index (χ4n) is 2.31. The molecule has 23 heavy (non-hydrogen) atoms. The largest absolute Gasteiger partial charge is 0.395 e. The summed E-state index contributed by atoms with van der Waals surface area (Å²) < 4.78 is 26.2. The standard InChI is InChI=1S/C17H18ClF2NO2/c18-14-4-2-13(3-5-14)17(23)11-21(7-8-22)10-12-1-6-15(19)16(20)9-12/h1-6,9,17,22-23H,7-8,10-11H2. The summed E-state index contributed by atoms with van der Waals surface area (Å²) in [6.45, 7) is 0.754. The molecule has 0 spiro atoms. The van der Waals surface area contributed by atoms with Gasteiger partial charge in [0.1, 0.15) is 0 Å². The van der Waals surface area contributed by atoms with Crippen molar-refractivity contribution in [3.8, 4) is 0 Å². The van der Waals surface area contributed by atoms with Crippen LogP contribution >= 0.6 is 11.6 Å². The van der Waals surface area contributed by atoms with E-state index in [1.54, 1.807) is 29.2 Å². The zero-order valence-corrected chi connectivity index (χ0v) is 13.2. The molecule has 0 amide bonds. The molecule has 2 N–H and O–H groups in total. The molecule has 124 valence electrons. The Labute approximate surface area is 138 Å². The Bertz CT molecular complexity index is 637. The lowest BCUT2D eigenvalue weighted by molar-refractivity contribution is 0.0956. The number of halogens is 3. The van der Waals surface area contributed by atoms with Crippen LogP contribution < -0.4 is 0 Å². The van der Waals surface area contributed by atoms with Crippen LogP contribution in [0.15, 0.2) is 42.5 Å². The van der Waals surface area contributed by atoms with Crippen molar-refractivity contribution in [3.63, 3.8) is 0 Å². The van der Waals surface area contributed by atoms with Crippen molar-refractivity contribution < 1.29 is 19.0 Å². The summed E-state index contributed by atoms with van der Waals surface area (Å²) in [4.78, 5) is 1.77. The van der Waals surface area contributed by atoms with E-state index in [1.807, 2.05) is 0 Å². The number of aliphatic hydroxyl groups excluding tert-OH is 2. The molecule has 0 heterocycles. The molecule has 2 aromatic rings. The Morgan fingerprint density at radius 3 is 2.35 bits per heavy atom. The van der Waals surface area contributed by atoms with Gasteiger partial charge >= 0.3 is 0 Å². The minimum atomic E-state index is -0.912. The SMILES string of the molecule is OCCN(Cc1ccc(F)c(F)c1)CC(O)c1ccc(Cl)cc1.